The number of amides is 2. The van der Waals surface area contributed by atoms with E-state index in [2.05, 4.69) is 5.32 Å². The van der Waals surface area contributed by atoms with Gasteiger partial charge in [0, 0.05) is 18.5 Å². The number of carbonyl (C=O) groups is 3. The molecule has 0 bridgehead atoms. The number of benzene rings is 1. The molecule has 2 N–H and O–H groups in total. The first-order chi connectivity index (χ1) is 12.5. The van der Waals surface area contributed by atoms with Crippen molar-refractivity contribution in [1.82, 2.24) is 4.90 Å². The largest absolute Gasteiger partial charge is 0.469 e. The summed E-state index contributed by atoms with van der Waals surface area (Å²) >= 11 is 0. The number of aliphatic hydroxyl groups is 1. The van der Waals surface area contributed by atoms with Crippen molar-refractivity contribution in [2.24, 2.45) is 5.92 Å². The number of hydrogen-bond donors (Lipinski definition) is 2. The maximum atomic E-state index is 13.0. The summed E-state index contributed by atoms with van der Waals surface area (Å²) in [7, 11) is 1.33. The van der Waals surface area contributed by atoms with Gasteiger partial charge in [-0.25, -0.2) is 0 Å². The van der Waals surface area contributed by atoms with Gasteiger partial charge in [0.1, 0.15) is 0 Å². The molecule has 3 heterocycles. The highest BCUT2D eigenvalue weighted by Gasteiger charge is 2.63. The van der Waals surface area contributed by atoms with Gasteiger partial charge in [-0.1, -0.05) is 18.2 Å². The molecule has 2 fully saturated rings. The molecule has 2 amide bonds. The van der Waals surface area contributed by atoms with Crippen molar-refractivity contribution in [3.8, 4) is 0 Å². The lowest BCUT2D eigenvalue weighted by molar-refractivity contribution is -0.145. The molecule has 0 aliphatic carbocycles. The van der Waals surface area contributed by atoms with Crippen LogP contribution in [0.1, 0.15) is 31.2 Å². The van der Waals surface area contributed by atoms with Crippen LogP contribution in [0.4, 0.5) is 5.69 Å². The molecule has 1 aromatic carbocycles. The number of methoxy groups -OCH3 is 1. The fourth-order valence-corrected chi connectivity index (χ4v) is 5.04. The van der Waals surface area contributed by atoms with E-state index in [1.807, 2.05) is 24.3 Å². The van der Waals surface area contributed by atoms with Crippen molar-refractivity contribution in [3.63, 3.8) is 0 Å². The Kier molecular flexibility index (Phi) is 3.99. The Labute approximate surface area is 151 Å². The van der Waals surface area contributed by atoms with Gasteiger partial charge >= 0.3 is 5.97 Å². The number of nitrogens with one attached hydrogen (secondary N) is 1. The van der Waals surface area contributed by atoms with Crippen LogP contribution < -0.4 is 5.32 Å². The number of esters is 1. The third-order valence-corrected chi connectivity index (χ3v) is 6.12. The summed E-state index contributed by atoms with van der Waals surface area (Å²) in [6.45, 7) is -0.179. The first-order valence-electron chi connectivity index (χ1n) is 8.91. The number of carbonyl (C=O) groups excluding carboxylic acids is 3. The smallest absolute Gasteiger partial charge is 0.305 e. The molecule has 0 unspecified atom stereocenters. The molecule has 4 atom stereocenters. The maximum absolute atomic E-state index is 13.0. The van der Waals surface area contributed by atoms with Crippen molar-refractivity contribution in [1.29, 1.82) is 0 Å². The van der Waals surface area contributed by atoms with Crippen LogP contribution in [0.2, 0.25) is 0 Å². The fourth-order valence-electron chi connectivity index (χ4n) is 5.04. The lowest BCUT2D eigenvalue weighted by Gasteiger charge is -2.41. The molecule has 3 aliphatic rings. The van der Waals surface area contributed by atoms with Crippen LogP contribution in [-0.2, 0) is 24.5 Å². The highest BCUT2D eigenvalue weighted by Crippen LogP contribution is 2.53. The highest BCUT2D eigenvalue weighted by molar-refractivity contribution is 6.08. The van der Waals surface area contributed by atoms with E-state index in [9.17, 15) is 19.5 Å². The van der Waals surface area contributed by atoms with Crippen molar-refractivity contribution >= 4 is 23.5 Å². The Hall–Kier alpha value is -2.41. The molecular formula is C19H22N2O5. The molecule has 0 aromatic heterocycles. The van der Waals surface area contributed by atoms with Gasteiger partial charge in [0.2, 0.25) is 11.8 Å². The predicted molar refractivity (Wildman–Crippen MR) is 92.2 cm³/mol. The van der Waals surface area contributed by atoms with Crippen LogP contribution in [0.15, 0.2) is 24.3 Å². The van der Waals surface area contributed by atoms with E-state index in [4.69, 9.17) is 4.74 Å². The van der Waals surface area contributed by atoms with Gasteiger partial charge in [-0.05, 0) is 30.4 Å². The van der Waals surface area contributed by atoms with E-state index in [1.165, 1.54) is 7.11 Å². The Morgan fingerprint density at radius 1 is 1.38 bits per heavy atom. The molecule has 26 heavy (non-hydrogen) atoms. The number of ether oxygens (including phenoxy) is 1. The van der Waals surface area contributed by atoms with Gasteiger partial charge < -0.3 is 20.1 Å². The zero-order valence-electron chi connectivity index (χ0n) is 14.6. The fraction of sp³-hybridized carbons (Fsp3) is 0.526. The molecule has 7 heteroatoms. The molecule has 1 spiro atoms. The lowest BCUT2D eigenvalue weighted by atomic mass is 9.70. The van der Waals surface area contributed by atoms with E-state index in [1.54, 1.807) is 4.90 Å². The number of hydrogen-bond acceptors (Lipinski definition) is 5. The Morgan fingerprint density at radius 2 is 2.15 bits per heavy atom. The second-order valence-corrected chi connectivity index (χ2v) is 7.41. The number of piperidine rings is 1. The van der Waals surface area contributed by atoms with E-state index < -0.39 is 5.41 Å². The van der Waals surface area contributed by atoms with Gasteiger partial charge in [0.25, 0.3) is 0 Å². The van der Waals surface area contributed by atoms with Crippen molar-refractivity contribution in [3.05, 3.63) is 29.8 Å². The average molecular weight is 358 g/mol. The standard InChI is InChI=1S/C19H22N2O5/c1-26-17(24)8-11-6-15-19(9-12(10-22)21(15)16(23)7-11)13-4-2-3-5-14(13)20-18(19)25/h2-5,11-12,15,22H,6-10H2,1H3,(H,20,25)/t11-,12+,15-,19-/m1/s1. The van der Waals surface area contributed by atoms with Gasteiger partial charge in [-0.2, -0.15) is 0 Å². The minimum Gasteiger partial charge on any atom is -0.469 e. The maximum Gasteiger partial charge on any atom is 0.305 e. The number of fused-ring (bicyclic) bond motifs is 4. The number of para-hydroxylation sites is 1. The molecule has 4 rings (SSSR count). The minimum atomic E-state index is -0.867. The molecule has 0 saturated carbocycles. The van der Waals surface area contributed by atoms with Crippen LogP contribution in [0, 0.1) is 5.92 Å². The van der Waals surface area contributed by atoms with Crippen LogP contribution >= 0.6 is 0 Å². The van der Waals surface area contributed by atoms with E-state index in [0.29, 0.717) is 12.8 Å². The summed E-state index contributed by atoms with van der Waals surface area (Å²) < 4.78 is 4.75. The highest BCUT2D eigenvalue weighted by atomic mass is 16.5. The monoisotopic (exact) mass is 358 g/mol. The first-order valence-corrected chi connectivity index (χ1v) is 8.91. The van der Waals surface area contributed by atoms with Gasteiger partial charge in [0.05, 0.1) is 31.2 Å². The molecule has 0 radical (unpaired) electrons. The normalized spacial score (nSPS) is 32.4. The zero-order valence-corrected chi connectivity index (χ0v) is 14.6. The minimum absolute atomic E-state index is 0.108. The first kappa shape index (κ1) is 17.0. The van der Waals surface area contributed by atoms with E-state index in [0.717, 1.165) is 11.3 Å². The second-order valence-electron chi connectivity index (χ2n) is 7.41. The van der Waals surface area contributed by atoms with Gasteiger partial charge in [-0.15, -0.1) is 0 Å². The number of aliphatic hydroxyl groups excluding tert-OH is 1. The van der Waals surface area contributed by atoms with Crippen LogP contribution in [0.25, 0.3) is 0 Å². The van der Waals surface area contributed by atoms with Gasteiger partial charge in [-0.3, -0.25) is 14.4 Å². The Bertz CT molecular complexity index is 779. The Balaban J connectivity index is 1.76. The second kappa shape index (κ2) is 6.09. The predicted octanol–water partition coefficient (Wildman–Crippen LogP) is 0.811. The number of anilines is 1. The SMILES string of the molecule is COC(=O)C[C@H]1CC(=O)N2[C@H](CO)C[C@]3(C(=O)Nc4ccccc43)[C@H]2C1. The van der Waals surface area contributed by atoms with Crippen LogP contribution in [0.5, 0.6) is 0 Å². The molecule has 2 saturated heterocycles. The van der Waals surface area contributed by atoms with Crippen LogP contribution in [0.3, 0.4) is 0 Å². The summed E-state index contributed by atoms with van der Waals surface area (Å²) in [5.74, 6) is -0.746. The quantitative estimate of drug-likeness (QED) is 0.780. The number of rotatable bonds is 3. The topological polar surface area (TPSA) is 95.9 Å². The average Bonchev–Trinajstić information content (AvgIpc) is 3.12. The van der Waals surface area contributed by atoms with Crippen molar-refractivity contribution < 1.29 is 24.2 Å². The molecule has 7 nitrogen and oxygen atoms in total. The van der Waals surface area contributed by atoms with Crippen LogP contribution in [-0.4, -0.2) is 53.6 Å². The summed E-state index contributed by atoms with van der Waals surface area (Å²) in [5, 5.41) is 12.8. The molecule has 1 aromatic rings. The van der Waals surface area contributed by atoms with Gasteiger partial charge in [0.15, 0.2) is 0 Å². The molecular weight excluding hydrogens is 336 g/mol. The lowest BCUT2D eigenvalue weighted by Crippen LogP contribution is -2.54. The summed E-state index contributed by atoms with van der Waals surface area (Å²) in [4.78, 5) is 39.3. The summed E-state index contributed by atoms with van der Waals surface area (Å²) in [6.07, 6.45) is 1.34. The Morgan fingerprint density at radius 3 is 2.88 bits per heavy atom. The number of nitrogens with zero attached hydrogens (tertiary/aromatic N) is 1. The van der Waals surface area contributed by atoms with E-state index >= 15 is 0 Å². The van der Waals surface area contributed by atoms with Crippen molar-refractivity contribution in [2.45, 2.75) is 43.2 Å². The zero-order chi connectivity index (χ0) is 18.5. The molecule has 3 aliphatic heterocycles. The van der Waals surface area contributed by atoms with Crippen molar-refractivity contribution in [2.75, 3.05) is 19.0 Å². The van der Waals surface area contributed by atoms with E-state index in [-0.39, 0.29) is 55.2 Å². The summed E-state index contributed by atoms with van der Waals surface area (Å²) in [6, 6.07) is 6.77. The molecule has 138 valence electrons. The summed E-state index contributed by atoms with van der Waals surface area (Å²) in [5.41, 5.74) is 0.773. The third-order valence-electron chi connectivity index (χ3n) is 6.12. The third kappa shape index (κ3) is 2.26.